The first-order valence-electron chi connectivity index (χ1n) is 7.91. The van der Waals surface area contributed by atoms with Gasteiger partial charge in [0, 0.05) is 31.3 Å². The van der Waals surface area contributed by atoms with Crippen LogP contribution in [0.5, 0.6) is 0 Å². The second-order valence-electron chi connectivity index (χ2n) is 5.61. The zero-order chi connectivity index (χ0) is 18.2. The van der Waals surface area contributed by atoms with Gasteiger partial charge in [-0.05, 0) is 43.5 Å². The molecule has 2 rings (SSSR count). The van der Waals surface area contributed by atoms with E-state index in [2.05, 4.69) is 10.4 Å². The van der Waals surface area contributed by atoms with Gasteiger partial charge in [-0.25, -0.2) is 4.39 Å². The van der Waals surface area contributed by atoms with E-state index < -0.39 is 5.82 Å². The Bertz CT molecular complexity index is 786. The van der Waals surface area contributed by atoms with E-state index in [-0.39, 0.29) is 16.7 Å². The van der Waals surface area contributed by atoms with Gasteiger partial charge in [-0.15, -0.1) is 0 Å². The van der Waals surface area contributed by atoms with Gasteiger partial charge in [0.25, 0.3) is 0 Å². The summed E-state index contributed by atoms with van der Waals surface area (Å²) in [7, 11) is 0. The highest BCUT2D eigenvalue weighted by atomic mass is 35.5. The van der Waals surface area contributed by atoms with E-state index in [1.54, 1.807) is 23.9 Å². The number of carbonyl (C=O) groups is 2. The Morgan fingerprint density at radius 1 is 1.32 bits per heavy atom. The highest BCUT2D eigenvalue weighted by Gasteiger charge is 2.04. The second kappa shape index (κ2) is 9.13. The summed E-state index contributed by atoms with van der Waals surface area (Å²) < 4.78 is 14.7. The second-order valence-corrected chi connectivity index (χ2v) is 6.02. The van der Waals surface area contributed by atoms with Crippen molar-refractivity contribution < 1.29 is 14.0 Å². The Morgan fingerprint density at radius 2 is 2.12 bits per heavy atom. The van der Waals surface area contributed by atoms with Crippen LogP contribution in [0.2, 0.25) is 5.02 Å². The molecule has 0 atom stereocenters. The van der Waals surface area contributed by atoms with E-state index in [4.69, 9.17) is 11.6 Å². The van der Waals surface area contributed by atoms with Crippen molar-refractivity contribution in [1.82, 2.24) is 9.78 Å². The third-order valence-electron chi connectivity index (χ3n) is 3.43. The van der Waals surface area contributed by atoms with Crippen LogP contribution < -0.4 is 5.32 Å². The van der Waals surface area contributed by atoms with Crippen molar-refractivity contribution in [1.29, 1.82) is 0 Å². The van der Waals surface area contributed by atoms with Crippen molar-refractivity contribution in [3.63, 3.8) is 0 Å². The standard InChI is InChI=1S/C18H19ClFN3O2/c1-13(24)4-2-3-10-23-11-9-17(22-23)21-18(25)8-6-14-5-7-15(20)12-16(14)19/h5-9,11-12H,2-4,10H2,1H3,(H,21,22,25). The van der Waals surface area contributed by atoms with Crippen molar-refractivity contribution in [3.8, 4) is 0 Å². The monoisotopic (exact) mass is 363 g/mol. The first-order valence-corrected chi connectivity index (χ1v) is 8.29. The van der Waals surface area contributed by atoms with Crippen molar-refractivity contribution in [2.75, 3.05) is 5.32 Å². The van der Waals surface area contributed by atoms with Gasteiger partial charge in [0.15, 0.2) is 5.82 Å². The number of aromatic nitrogens is 2. The Kier molecular flexibility index (Phi) is 6.89. The van der Waals surface area contributed by atoms with Crippen LogP contribution in [0.15, 0.2) is 36.5 Å². The molecule has 2 aromatic rings. The van der Waals surface area contributed by atoms with E-state index in [9.17, 15) is 14.0 Å². The van der Waals surface area contributed by atoms with Crippen molar-refractivity contribution >= 4 is 35.2 Å². The fraction of sp³-hybridized carbons (Fsp3) is 0.278. The predicted molar refractivity (Wildman–Crippen MR) is 95.8 cm³/mol. The van der Waals surface area contributed by atoms with E-state index in [1.807, 2.05) is 0 Å². The van der Waals surface area contributed by atoms with Crippen LogP contribution in [0.1, 0.15) is 31.7 Å². The molecule has 0 fully saturated rings. The maximum atomic E-state index is 13.0. The molecule has 0 saturated heterocycles. The Balaban J connectivity index is 1.84. The molecule has 5 nitrogen and oxygen atoms in total. The van der Waals surface area contributed by atoms with Crippen LogP contribution in [-0.2, 0) is 16.1 Å². The van der Waals surface area contributed by atoms with E-state index >= 15 is 0 Å². The number of rotatable bonds is 8. The number of halogens is 2. The molecule has 1 amide bonds. The van der Waals surface area contributed by atoms with Crippen LogP contribution in [0, 0.1) is 5.82 Å². The summed E-state index contributed by atoms with van der Waals surface area (Å²) in [5, 5.41) is 7.12. The van der Waals surface area contributed by atoms with Crippen LogP contribution in [-0.4, -0.2) is 21.5 Å². The lowest BCUT2D eigenvalue weighted by Gasteiger charge is -2.01. The normalized spacial score (nSPS) is 11.0. The molecule has 1 aromatic heterocycles. The lowest BCUT2D eigenvalue weighted by atomic mass is 10.2. The quantitative estimate of drug-likeness (QED) is 0.567. The number of hydrogen-bond acceptors (Lipinski definition) is 3. The summed E-state index contributed by atoms with van der Waals surface area (Å²) in [5.41, 5.74) is 0.550. The predicted octanol–water partition coefficient (Wildman–Crippen LogP) is 4.09. The molecule has 0 saturated carbocycles. The smallest absolute Gasteiger partial charge is 0.249 e. The number of anilines is 1. The molecule has 0 spiro atoms. The van der Waals surface area contributed by atoms with Crippen LogP contribution in [0.25, 0.3) is 6.08 Å². The molecular formula is C18H19ClFN3O2. The molecule has 1 N–H and O–H groups in total. The summed E-state index contributed by atoms with van der Waals surface area (Å²) in [6.45, 7) is 2.26. The maximum absolute atomic E-state index is 13.0. The number of aryl methyl sites for hydroxylation is 1. The Morgan fingerprint density at radius 3 is 2.84 bits per heavy atom. The minimum Gasteiger partial charge on any atom is -0.306 e. The topological polar surface area (TPSA) is 64.0 Å². The molecule has 25 heavy (non-hydrogen) atoms. The number of unbranched alkanes of at least 4 members (excludes halogenated alkanes) is 1. The molecule has 132 valence electrons. The summed E-state index contributed by atoms with van der Waals surface area (Å²) in [6.07, 6.45) is 6.82. The number of hydrogen-bond donors (Lipinski definition) is 1. The molecule has 7 heteroatoms. The van der Waals surface area contributed by atoms with Crippen LogP contribution >= 0.6 is 11.6 Å². The zero-order valence-corrected chi connectivity index (χ0v) is 14.6. The van der Waals surface area contributed by atoms with Crippen LogP contribution in [0.3, 0.4) is 0 Å². The number of nitrogens with one attached hydrogen (secondary N) is 1. The van der Waals surface area contributed by atoms with Gasteiger partial charge in [-0.3, -0.25) is 9.48 Å². The van der Waals surface area contributed by atoms with Gasteiger partial charge in [0.1, 0.15) is 11.6 Å². The molecule has 0 aliphatic heterocycles. The van der Waals surface area contributed by atoms with Gasteiger partial charge in [0.2, 0.25) is 5.91 Å². The van der Waals surface area contributed by atoms with Crippen molar-refractivity contribution in [2.45, 2.75) is 32.7 Å². The first kappa shape index (κ1) is 18.9. The molecule has 1 heterocycles. The van der Waals surface area contributed by atoms with Gasteiger partial charge >= 0.3 is 0 Å². The van der Waals surface area contributed by atoms with E-state index in [1.165, 1.54) is 30.4 Å². The molecule has 0 radical (unpaired) electrons. The minimum absolute atomic E-state index is 0.182. The average molecular weight is 364 g/mol. The third-order valence-corrected chi connectivity index (χ3v) is 3.76. The fourth-order valence-electron chi connectivity index (χ4n) is 2.17. The Hall–Kier alpha value is -2.47. The van der Waals surface area contributed by atoms with Gasteiger partial charge in [-0.2, -0.15) is 5.10 Å². The third kappa shape index (κ3) is 6.51. The molecule has 0 bridgehead atoms. The van der Waals surface area contributed by atoms with E-state index in [0.29, 0.717) is 24.3 Å². The van der Waals surface area contributed by atoms with Crippen molar-refractivity contribution in [3.05, 3.63) is 52.9 Å². The van der Waals surface area contributed by atoms with Gasteiger partial charge < -0.3 is 10.1 Å². The average Bonchev–Trinajstić information content (AvgIpc) is 2.98. The molecule has 0 aliphatic carbocycles. The number of Topliss-reactive ketones (excluding diaryl/α,β-unsaturated/α-hetero) is 1. The summed E-state index contributed by atoms with van der Waals surface area (Å²) in [4.78, 5) is 22.8. The molecule has 0 unspecified atom stereocenters. The van der Waals surface area contributed by atoms with Gasteiger partial charge in [-0.1, -0.05) is 17.7 Å². The lowest BCUT2D eigenvalue weighted by molar-refractivity contribution is -0.117. The zero-order valence-electron chi connectivity index (χ0n) is 13.8. The summed E-state index contributed by atoms with van der Waals surface area (Å²) in [6, 6.07) is 5.66. The highest BCUT2D eigenvalue weighted by Crippen LogP contribution is 2.18. The largest absolute Gasteiger partial charge is 0.306 e. The fourth-order valence-corrected chi connectivity index (χ4v) is 2.40. The number of carbonyl (C=O) groups excluding carboxylic acids is 2. The van der Waals surface area contributed by atoms with E-state index in [0.717, 1.165) is 12.8 Å². The summed E-state index contributed by atoms with van der Waals surface area (Å²) in [5.74, 6) is -0.171. The summed E-state index contributed by atoms with van der Waals surface area (Å²) >= 11 is 5.90. The number of benzene rings is 1. The highest BCUT2D eigenvalue weighted by molar-refractivity contribution is 6.32. The number of ketones is 1. The van der Waals surface area contributed by atoms with Crippen molar-refractivity contribution in [2.24, 2.45) is 0 Å². The first-order chi connectivity index (χ1) is 11.9. The maximum Gasteiger partial charge on any atom is 0.249 e. The number of nitrogens with zero attached hydrogens (tertiary/aromatic N) is 2. The minimum atomic E-state index is -0.430. The SMILES string of the molecule is CC(=O)CCCCn1ccc(NC(=O)C=Cc2ccc(F)cc2Cl)n1. The number of amides is 1. The van der Waals surface area contributed by atoms with Gasteiger partial charge in [0.05, 0.1) is 5.02 Å². The Labute approximate surface area is 150 Å². The lowest BCUT2D eigenvalue weighted by Crippen LogP contribution is -2.09. The van der Waals surface area contributed by atoms with Crippen LogP contribution in [0.4, 0.5) is 10.2 Å². The molecular weight excluding hydrogens is 345 g/mol. The molecule has 0 aliphatic rings. The molecule has 1 aromatic carbocycles.